The molecule has 0 aromatic heterocycles. The molecule has 0 aliphatic heterocycles. The van der Waals surface area contributed by atoms with Crippen LogP contribution in [-0.2, 0) is 4.79 Å². The third-order valence-corrected chi connectivity index (χ3v) is 2.28. The molecule has 1 aromatic rings. The Balaban J connectivity index is 2.23. The number of ketones is 1. The Morgan fingerprint density at radius 1 is 1.06 bits per heavy atom. The zero-order valence-electron chi connectivity index (χ0n) is 8.95. The molecule has 0 spiro atoms. The zero-order chi connectivity index (χ0) is 12.3. The number of carbonyl (C=O) groups excluding carboxylic acids is 1. The lowest BCUT2D eigenvalue weighted by atomic mass is 10.1. The topological polar surface area (TPSA) is 60.8 Å². The van der Waals surface area contributed by atoms with Crippen LogP contribution in [0.1, 0.15) is 0 Å². The molecule has 86 valence electrons. The number of nitrogens with zero attached hydrogens (tertiary/aromatic N) is 1. The van der Waals surface area contributed by atoms with Crippen LogP contribution in [0.4, 0.5) is 5.69 Å². The molecule has 1 aromatic carbocycles. The molecule has 2 rings (SSSR count). The van der Waals surface area contributed by atoms with Crippen LogP contribution in [0.3, 0.4) is 0 Å². The lowest BCUT2D eigenvalue weighted by Crippen LogP contribution is -2.10. The lowest BCUT2D eigenvalue weighted by Gasteiger charge is -2.14. The van der Waals surface area contributed by atoms with Crippen molar-refractivity contribution in [3.05, 3.63) is 60.3 Å². The standard InChI is InChI=1S/C13H11NO3/c15-11-7-5-10(6-8-11)9-14(17)12-3-1-2-4-13(12)16/h1-9,16-17H. The summed E-state index contributed by atoms with van der Waals surface area (Å²) in [4.78, 5) is 10.9. The first kappa shape index (κ1) is 11.2. The van der Waals surface area contributed by atoms with Crippen molar-refractivity contribution < 1.29 is 15.1 Å². The summed E-state index contributed by atoms with van der Waals surface area (Å²) in [6.07, 6.45) is 7.40. The maximum absolute atomic E-state index is 10.9. The minimum Gasteiger partial charge on any atom is -0.506 e. The van der Waals surface area contributed by atoms with Crippen molar-refractivity contribution in [2.75, 3.05) is 5.06 Å². The summed E-state index contributed by atoms with van der Waals surface area (Å²) < 4.78 is 0. The van der Waals surface area contributed by atoms with Crippen LogP contribution in [0, 0.1) is 0 Å². The van der Waals surface area contributed by atoms with Gasteiger partial charge in [0, 0.05) is 6.20 Å². The highest BCUT2D eigenvalue weighted by Crippen LogP contribution is 2.26. The van der Waals surface area contributed by atoms with E-state index in [4.69, 9.17) is 0 Å². The molecule has 1 aliphatic rings. The molecule has 2 N–H and O–H groups in total. The van der Waals surface area contributed by atoms with E-state index in [-0.39, 0.29) is 17.2 Å². The maximum Gasteiger partial charge on any atom is 0.178 e. The Kier molecular flexibility index (Phi) is 3.07. The number of anilines is 1. The fourth-order valence-electron chi connectivity index (χ4n) is 1.42. The van der Waals surface area contributed by atoms with Crippen LogP contribution in [0.2, 0.25) is 0 Å². The molecule has 0 unspecified atom stereocenters. The Labute approximate surface area is 98.4 Å². The van der Waals surface area contributed by atoms with Crippen molar-refractivity contribution in [3.63, 3.8) is 0 Å². The molecule has 0 saturated heterocycles. The van der Waals surface area contributed by atoms with Crippen LogP contribution < -0.4 is 5.06 Å². The smallest absolute Gasteiger partial charge is 0.178 e. The minimum atomic E-state index is -0.0887. The highest BCUT2D eigenvalue weighted by atomic mass is 16.5. The largest absolute Gasteiger partial charge is 0.506 e. The average molecular weight is 229 g/mol. The predicted octanol–water partition coefficient (Wildman–Crippen LogP) is 2.17. The number of carbonyl (C=O) groups is 1. The van der Waals surface area contributed by atoms with Gasteiger partial charge in [0.1, 0.15) is 11.4 Å². The van der Waals surface area contributed by atoms with E-state index in [1.54, 1.807) is 30.4 Å². The van der Waals surface area contributed by atoms with Gasteiger partial charge in [-0.15, -0.1) is 0 Å². The van der Waals surface area contributed by atoms with Crippen LogP contribution in [0.5, 0.6) is 5.75 Å². The number of phenolic OH excluding ortho intramolecular Hbond substituents is 1. The summed E-state index contributed by atoms with van der Waals surface area (Å²) in [6.45, 7) is 0. The highest BCUT2D eigenvalue weighted by Gasteiger charge is 2.06. The fourth-order valence-corrected chi connectivity index (χ4v) is 1.42. The van der Waals surface area contributed by atoms with Gasteiger partial charge in [0.2, 0.25) is 0 Å². The van der Waals surface area contributed by atoms with E-state index in [1.807, 2.05) is 0 Å². The highest BCUT2D eigenvalue weighted by molar-refractivity contribution is 6.01. The van der Waals surface area contributed by atoms with Crippen molar-refractivity contribution in [2.24, 2.45) is 0 Å². The fraction of sp³-hybridized carbons (Fsp3) is 0. The molecule has 0 atom stereocenters. The van der Waals surface area contributed by atoms with Gasteiger partial charge in [-0.1, -0.05) is 12.1 Å². The second-order valence-electron chi connectivity index (χ2n) is 3.53. The van der Waals surface area contributed by atoms with Crippen molar-refractivity contribution in [2.45, 2.75) is 0 Å². The van der Waals surface area contributed by atoms with E-state index < -0.39 is 0 Å². The lowest BCUT2D eigenvalue weighted by molar-refractivity contribution is -0.110. The number of hydrogen-bond acceptors (Lipinski definition) is 4. The molecule has 0 fully saturated rings. The molecule has 1 aliphatic carbocycles. The third-order valence-electron chi connectivity index (χ3n) is 2.28. The van der Waals surface area contributed by atoms with Gasteiger partial charge >= 0.3 is 0 Å². The van der Waals surface area contributed by atoms with Crippen LogP contribution >= 0.6 is 0 Å². The molecular weight excluding hydrogens is 218 g/mol. The second kappa shape index (κ2) is 4.67. The first-order valence-electron chi connectivity index (χ1n) is 5.05. The van der Waals surface area contributed by atoms with E-state index in [0.717, 1.165) is 5.06 Å². The van der Waals surface area contributed by atoms with Crippen LogP contribution in [-0.4, -0.2) is 16.1 Å². The van der Waals surface area contributed by atoms with Gasteiger partial charge in [0.05, 0.1) is 0 Å². The first-order valence-corrected chi connectivity index (χ1v) is 5.05. The Morgan fingerprint density at radius 2 is 1.71 bits per heavy atom. The normalized spacial score (nSPS) is 13.9. The van der Waals surface area contributed by atoms with Gasteiger partial charge in [-0.2, -0.15) is 0 Å². The minimum absolute atomic E-state index is 0.0216. The quantitative estimate of drug-likeness (QED) is 0.763. The monoisotopic (exact) mass is 229 g/mol. The van der Waals surface area contributed by atoms with Gasteiger partial charge in [-0.25, -0.2) is 5.06 Å². The third kappa shape index (κ3) is 2.62. The zero-order valence-corrected chi connectivity index (χ0v) is 8.95. The van der Waals surface area contributed by atoms with Gasteiger partial charge < -0.3 is 5.11 Å². The van der Waals surface area contributed by atoms with Crippen LogP contribution in [0.15, 0.2) is 60.3 Å². The van der Waals surface area contributed by atoms with Crippen molar-refractivity contribution in [3.8, 4) is 5.75 Å². The van der Waals surface area contributed by atoms with Gasteiger partial charge in [-0.05, 0) is 42.0 Å². The molecule has 17 heavy (non-hydrogen) atoms. The van der Waals surface area contributed by atoms with Crippen molar-refractivity contribution in [1.29, 1.82) is 0 Å². The number of para-hydroxylation sites is 2. The summed E-state index contributed by atoms with van der Waals surface area (Å²) in [5.41, 5.74) is 0.939. The van der Waals surface area contributed by atoms with Gasteiger partial charge in [0.25, 0.3) is 0 Å². The number of benzene rings is 1. The van der Waals surface area contributed by atoms with E-state index in [9.17, 15) is 15.1 Å². The predicted molar refractivity (Wildman–Crippen MR) is 63.7 cm³/mol. The average Bonchev–Trinajstić information content (AvgIpc) is 2.32. The molecule has 0 saturated carbocycles. The Hall–Kier alpha value is -2.33. The number of phenols is 1. The molecule has 0 heterocycles. The molecule has 4 heteroatoms. The number of hydrogen-bond donors (Lipinski definition) is 2. The summed E-state index contributed by atoms with van der Waals surface area (Å²) in [6, 6.07) is 6.42. The maximum atomic E-state index is 10.9. The number of aromatic hydroxyl groups is 1. The molecule has 0 radical (unpaired) electrons. The Morgan fingerprint density at radius 3 is 2.35 bits per heavy atom. The first-order chi connectivity index (χ1) is 8.16. The second-order valence-corrected chi connectivity index (χ2v) is 3.53. The molecular formula is C13H11NO3. The SMILES string of the molecule is O=C1C=CC(=CN(O)c2ccccc2O)C=C1. The van der Waals surface area contributed by atoms with Crippen LogP contribution in [0.25, 0.3) is 0 Å². The van der Waals surface area contributed by atoms with E-state index in [0.29, 0.717) is 5.57 Å². The summed E-state index contributed by atoms with van der Waals surface area (Å²) in [5.74, 6) is -0.110. The summed E-state index contributed by atoms with van der Waals surface area (Å²) in [7, 11) is 0. The number of hydroxylamine groups is 1. The number of rotatable bonds is 2. The van der Waals surface area contributed by atoms with Crippen molar-refractivity contribution >= 4 is 11.5 Å². The molecule has 0 bridgehead atoms. The van der Waals surface area contributed by atoms with Gasteiger partial charge in [-0.3, -0.25) is 10.0 Å². The summed E-state index contributed by atoms with van der Waals surface area (Å²) >= 11 is 0. The molecule has 4 nitrogen and oxygen atoms in total. The number of allylic oxidation sites excluding steroid dienone is 5. The van der Waals surface area contributed by atoms with E-state index in [2.05, 4.69) is 0 Å². The van der Waals surface area contributed by atoms with E-state index in [1.165, 1.54) is 24.4 Å². The molecule has 0 amide bonds. The van der Waals surface area contributed by atoms with Gasteiger partial charge in [0.15, 0.2) is 5.78 Å². The van der Waals surface area contributed by atoms with E-state index >= 15 is 0 Å². The van der Waals surface area contributed by atoms with Crippen molar-refractivity contribution in [1.82, 2.24) is 0 Å². The summed E-state index contributed by atoms with van der Waals surface area (Å²) in [5, 5.41) is 20.1. The Bertz CT molecular complexity index is 511.